The number of hydrogen-bond acceptors (Lipinski definition) is 4. The number of nitrogens with one attached hydrogen (secondary N) is 2. The van der Waals surface area contributed by atoms with Gasteiger partial charge in [0.05, 0.1) is 11.8 Å². The van der Waals surface area contributed by atoms with Crippen LogP contribution in [0.5, 0.6) is 5.75 Å². The average molecular weight is 299 g/mol. The molecule has 0 radical (unpaired) electrons. The first-order valence-electron chi connectivity index (χ1n) is 6.27. The maximum Gasteiger partial charge on any atom is 0.339 e. The van der Waals surface area contributed by atoms with E-state index in [-0.39, 0.29) is 11.3 Å². The summed E-state index contributed by atoms with van der Waals surface area (Å²) in [5.41, 5.74) is 3.26. The Morgan fingerprint density at radius 2 is 1.73 bits per heavy atom. The summed E-state index contributed by atoms with van der Waals surface area (Å²) in [6, 6.07) is 11.7. The number of rotatable bonds is 4. The van der Waals surface area contributed by atoms with Crippen molar-refractivity contribution in [2.45, 2.75) is 0 Å². The first kappa shape index (κ1) is 15.0. The van der Waals surface area contributed by atoms with Crippen molar-refractivity contribution in [2.75, 3.05) is 5.32 Å². The Balaban J connectivity index is 1.90. The summed E-state index contributed by atoms with van der Waals surface area (Å²) < 4.78 is 0. The Morgan fingerprint density at radius 1 is 1.05 bits per heavy atom. The fourth-order valence-electron chi connectivity index (χ4n) is 1.61. The third-order valence-corrected chi connectivity index (χ3v) is 2.70. The van der Waals surface area contributed by atoms with Crippen molar-refractivity contribution in [3.05, 3.63) is 59.7 Å². The molecule has 0 aromatic heterocycles. The summed E-state index contributed by atoms with van der Waals surface area (Å²) in [7, 11) is 0. The molecule has 7 nitrogen and oxygen atoms in total. The quantitative estimate of drug-likeness (QED) is 0.512. The topological polar surface area (TPSA) is 111 Å². The lowest BCUT2D eigenvalue weighted by Crippen LogP contribution is -2.24. The fourth-order valence-corrected chi connectivity index (χ4v) is 1.61. The number of aromatic carboxylic acids is 1. The highest BCUT2D eigenvalue weighted by Crippen LogP contribution is 2.12. The molecule has 0 aliphatic rings. The number of carbonyl (C=O) groups is 2. The zero-order valence-corrected chi connectivity index (χ0v) is 11.4. The van der Waals surface area contributed by atoms with E-state index in [2.05, 4.69) is 15.8 Å². The summed E-state index contributed by atoms with van der Waals surface area (Å²) in [6.45, 7) is 0. The zero-order chi connectivity index (χ0) is 15.9. The molecule has 112 valence electrons. The van der Waals surface area contributed by atoms with Crippen LogP contribution < -0.4 is 10.7 Å². The summed E-state index contributed by atoms with van der Waals surface area (Å²) in [5.74, 6) is -0.985. The number of urea groups is 1. The second-order valence-electron chi connectivity index (χ2n) is 4.27. The van der Waals surface area contributed by atoms with E-state index in [1.54, 1.807) is 18.2 Å². The van der Waals surface area contributed by atoms with E-state index in [1.165, 1.54) is 36.5 Å². The molecule has 4 N–H and O–H groups in total. The van der Waals surface area contributed by atoms with Crippen LogP contribution >= 0.6 is 0 Å². The van der Waals surface area contributed by atoms with Crippen molar-refractivity contribution < 1.29 is 19.8 Å². The monoisotopic (exact) mass is 299 g/mol. The largest absolute Gasteiger partial charge is 0.507 e. The number of carboxylic acid groups (broad SMARTS) is 1. The van der Waals surface area contributed by atoms with Crippen LogP contribution in [-0.4, -0.2) is 28.4 Å². The number of nitrogens with zero attached hydrogens (tertiary/aromatic N) is 1. The third kappa shape index (κ3) is 4.07. The lowest BCUT2D eigenvalue weighted by Gasteiger charge is -2.04. The number of para-hydroxylation sites is 1. The molecule has 22 heavy (non-hydrogen) atoms. The molecular formula is C15H13N3O4. The first-order chi connectivity index (χ1) is 10.6. The van der Waals surface area contributed by atoms with Crippen LogP contribution in [0.2, 0.25) is 0 Å². The molecule has 0 spiro atoms. The number of hydrazone groups is 1. The minimum absolute atomic E-state index is 0.0534. The van der Waals surface area contributed by atoms with Crippen molar-refractivity contribution in [2.24, 2.45) is 5.10 Å². The molecule has 0 heterocycles. The highest BCUT2D eigenvalue weighted by molar-refractivity contribution is 5.92. The second-order valence-corrected chi connectivity index (χ2v) is 4.27. The summed E-state index contributed by atoms with van der Waals surface area (Å²) in [4.78, 5) is 22.3. The van der Waals surface area contributed by atoms with Gasteiger partial charge in [0.1, 0.15) is 5.75 Å². The summed E-state index contributed by atoms with van der Waals surface area (Å²) in [6.07, 6.45) is 1.31. The van der Waals surface area contributed by atoms with Gasteiger partial charge in [-0.3, -0.25) is 0 Å². The molecule has 0 aliphatic carbocycles. The van der Waals surface area contributed by atoms with Gasteiger partial charge < -0.3 is 15.5 Å². The van der Waals surface area contributed by atoms with E-state index in [0.29, 0.717) is 11.3 Å². The molecule has 2 aromatic rings. The van der Waals surface area contributed by atoms with Gasteiger partial charge in [-0.1, -0.05) is 12.1 Å². The molecule has 2 rings (SSSR count). The summed E-state index contributed by atoms with van der Waals surface area (Å²) in [5, 5.41) is 24.5. The van der Waals surface area contributed by atoms with E-state index in [4.69, 9.17) is 5.11 Å². The van der Waals surface area contributed by atoms with Crippen molar-refractivity contribution in [3.8, 4) is 5.75 Å². The lowest BCUT2D eigenvalue weighted by molar-refractivity contribution is 0.0697. The average Bonchev–Trinajstić information content (AvgIpc) is 2.50. The van der Waals surface area contributed by atoms with Gasteiger partial charge in [-0.25, -0.2) is 15.0 Å². The Labute approximate surface area is 125 Å². The van der Waals surface area contributed by atoms with Gasteiger partial charge in [0.25, 0.3) is 0 Å². The normalized spacial score (nSPS) is 10.4. The van der Waals surface area contributed by atoms with Gasteiger partial charge in [-0.05, 0) is 36.4 Å². The Hall–Kier alpha value is -3.35. The molecule has 0 bridgehead atoms. The molecule has 0 fully saturated rings. The maximum atomic E-state index is 11.6. The molecule has 0 atom stereocenters. The maximum absolute atomic E-state index is 11.6. The zero-order valence-electron chi connectivity index (χ0n) is 11.4. The van der Waals surface area contributed by atoms with Gasteiger partial charge in [0.2, 0.25) is 0 Å². The van der Waals surface area contributed by atoms with Gasteiger partial charge in [0, 0.05) is 11.3 Å². The van der Waals surface area contributed by atoms with Crippen LogP contribution in [0.25, 0.3) is 0 Å². The first-order valence-corrected chi connectivity index (χ1v) is 6.27. The molecular weight excluding hydrogens is 286 g/mol. The van der Waals surface area contributed by atoms with Crippen molar-refractivity contribution in [1.29, 1.82) is 0 Å². The Morgan fingerprint density at radius 3 is 2.36 bits per heavy atom. The van der Waals surface area contributed by atoms with Crippen LogP contribution in [-0.2, 0) is 0 Å². The minimum atomic E-state index is -1.04. The molecule has 0 aliphatic heterocycles. The third-order valence-electron chi connectivity index (χ3n) is 2.70. The minimum Gasteiger partial charge on any atom is -0.507 e. The number of phenolic OH excluding ortho intramolecular Hbond substituents is 1. The number of benzene rings is 2. The van der Waals surface area contributed by atoms with E-state index in [0.717, 1.165) is 0 Å². The van der Waals surface area contributed by atoms with Gasteiger partial charge in [-0.2, -0.15) is 5.10 Å². The summed E-state index contributed by atoms with van der Waals surface area (Å²) >= 11 is 0. The standard InChI is InChI=1S/C15H13N3O4/c19-13-4-2-1-3-11(13)9-16-18-15(22)17-12-7-5-10(6-8-12)14(20)21/h1-9,19H,(H,20,21)(H2,17,18,22)/b16-9+. The van der Waals surface area contributed by atoms with E-state index in [1.807, 2.05) is 0 Å². The highest BCUT2D eigenvalue weighted by Gasteiger charge is 2.04. The molecule has 2 amide bonds. The fraction of sp³-hybridized carbons (Fsp3) is 0. The van der Waals surface area contributed by atoms with Gasteiger partial charge >= 0.3 is 12.0 Å². The van der Waals surface area contributed by atoms with Crippen molar-refractivity contribution in [1.82, 2.24) is 5.43 Å². The Bertz CT molecular complexity index is 711. The number of amides is 2. The van der Waals surface area contributed by atoms with Crippen LogP contribution in [0, 0.1) is 0 Å². The molecule has 7 heteroatoms. The predicted molar refractivity (Wildman–Crippen MR) is 81.3 cm³/mol. The molecule has 0 unspecified atom stereocenters. The molecule has 0 saturated heterocycles. The molecule has 0 saturated carbocycles. The highest BCUT2D eigenvalue weighted by atomic mass is 16.4. The SMILES string of the molecule is O=C(N/N=C/c1ccccc1O)Nc1ccc(C(=O)O)cc1. The number of anilines is 1. The van der Waals surface area contributed by atoms with Gasteiger partial charge in [-0.15, -0.1) is 0 Å². The molecule has 2 aromatic carbocycles. The van der Waals surface area contributed by atoms with Crippen LogP contribution in [0.1, 0.15) is 15.9 Å². The van der Waals surface area contributed by atoms with E-state index in [9.17, 15) is 14.7 Å². The van der Waals surface area contributed by atoms with Crippen LogP contribution in [0.3, 0.4) is 0 Å². The number of carboxylic acids is 1. The number of hydrogen-bond donors (Lipinski definition) is 4. The van der Waals surface area contributed by atoms with E-state index < -0.39 is 12.0 Å². The second kappa shape index (κ2) is 6.89. The lowest BCUT2D eigenvalue weighted by atomic mass is 10.2. The van der Waals surface area contributed by atoms with Crippen molar-refractivity contribution in [3.63, 3.8) is 0 Å². The van der Waals surface area contributed by atoms with Crippen molar-refractivity contribution >= 4 is 23.9 Å². The van der Waals surface area contributed by atoms with E-state index >= 15 is 0 Å². The number of carbonyl (C=O) groups excluding carboxylic acids is 1. The Kier molecular flexibility index (Phi) is 4.71. The smallest absolute Gasteiger partial charge is 0.339 e. The van der Waals surface area contributed by atoms with Gasteiger partial charge in [0.15, 0.2) is 0 Å². The van der Waals surface area contributed by atoms with Crippen LogP contribution in [0.4, 0.5) is 10.5 Å². The predicted octanol–water partition coefficient (Wildman–Crippen LogP) is 2.25. The number of aromatic hydroxyl groups is 1. The number of phenols is 1. The van der Waals surface area contributed by atoms with Crippen LogP contribution in [0.15, 0.2) is 53.6 Å².